The van der Waals surface area contributed by atoms with Crippen molar-refractivity contribution in [2.75, 3.05) is 5.32 Å². The van der Waals surface area contributed by atoms with Crippen LogP contribution in [0.2, 0.25) is 10.0 Å². The van der Waals surface area contributed by atoms with Crippen LogP contribution in [0.5, 0.6) is 0 Å². The first-order valence-electron chi connectivity index (χ1n) is 8.28. The number of aliphatic hydroxyl groups is 1. The minimum Gasteiger partial charge on any atom is -0.390 e. The van der Waals surface area contributed by atoms with E-state index in [9.17, 15) is 9.90 Å². The molecule has 29 heavy (non-hydrogen) atoms. The molecule has 3 heterocycles. The van der Waals surface area contributed by atoms with Gasteiger partial charge in [0, 0.05) is 29.0 Å². The van der Waals surface area contributed by atoms with Crippen LogP contribution in [0, 0.1) is 0 Å². The van der Waals surface area contributed by atoms with E-state index < -0.39 is 5.91 Å². The SMILES string of the molecule is NC(=O)c1cc(Cl)c(-c2cnc(Nc3cc(CO)ncn3)c3[nH]cnc23)c(Cl)c1. The summed E-state index contributed by atoms with van der Waals surface area (Å²) in [5, 5.41) is 12.8. The van der Waals surface area contributed by atoms with Crippen molar-refractivity contribution in [3.8, 4) is 11.1 Å². The number of nitrogens with zero attached hydrogens (tertiary/aromatic N) is 4. The largest absolute Gasteiger partial charge is 0.390 e. The van der Waals surface area contributed by atoms with Gasteiger partial charge in [-0.2, -0.15) is 0 Å². The monoisotopic (exact) mass is 429 g/mol. The molecule has 146 valence electrons. The number of H-pyrrole nitrogens is 1. The lowest BCUT2D eigenvalue weighted by atomic mass is 10.0. The molecule has 1 aromatic carbocycles. The van der Waals surface area contributed by atoms with E-state index in [-0.39, 0.29) is 22.2 Å². The summed E-state index contributed by atoms with van der Waals surface area (Å²) in [6.07, 6.45) is 4.42. The molecule has 0 saturated carbocycles. The van der Waals surface area contributed by atoms with Crippen molar-refractivity contribution in [3.63, 3.8) is 0 Å². The Hall–Kier alpha value is -3.27. The summed E-state index contributed by atoms with van der Waals surface area (Å²) in [6, 6.07) is 4.51. The number of primary amides is 1. The quantitative estimate of drug-likeness (QED) is 0.381. The highest BCUT2D eigenvalue weighted by molar-refractivity contribution is 6.40. The number of hydrogen-bond acceptors (Lipinski definition) is 7. The number of pyridine rings is 1. The maximum Gasteiger partial charge on any atom is 0.248 e. The van der Waals surface area contributed by atoms with Crippen LogP contribution in [0.4, 0.5) is 11.6 Å². The van der Waals surface area contributed by atoms with Crippen molar-refractivity contribution < 1.29 is 9.90 Å². The Kier molecular flexibility index (Phi) is 5.01. The van der Waals surface area contributed by atoms with Crippen LogP contribution in [0.15, 0.2) is 37.1 Å². The Morgan fingerprint density at radius 3 is 2.59 bits per heavy atom. The number of carbonyl (C=O) groups is 1. The number of carbonyl (C=O) groups excluding carboxylic acids is 1. The molecule has 3 aromatic heterocycles. The highest BCUT2D eigenvalue weighted by Crippen LogP contribution is 2.39. The van der Waals surface area contributed by atoms with Gasteiger partial charge in [-0.3, -0.25) is 4.79 Å². The fourth-order valence-electron chi connectivity index (χ4n) is 2.86. The van der Waals surface area contributed by atoms with Crippen molar-refractivity contribution in [2.45, 2.75) is 6.61 Å². The van der Waals surface area contributed by atoms with Gasteiger partial charge in [0.1, 0.15) is 23.2 Å². The Balaban J connectivity index is 1.81. The molecule has 0 aliphatic heterocycles. The summed E-state index contributed by atoms with van der Waals surface area (Å²) in [5.41, 5.74) is 8.20. The number of aromatic nitrogens is 5. The predicted octanol–water partition coefficient (Wildman–Crippen LogP) is 3.06. The predicted molar refractivity (Wildman–Crippen MR) is 109 cm³/mol. The number of aliphatic hydroxyl groups excluding tert-OH is 1. The zero-order valence-corrected chi connectivity index (χ0v) is 16.2. The third-order valence-electron chi connectivity index (χ3n) is 4.18. The van der Waals surface area contributed by atoms with Crippen LogP contribution in [0.1, 0.15) is 16.1 Å². The van der Waals surface area contributed by atoms with E-state index in [4.69, 9.17) is 28.9 Å². The molecule has 9 nitrogen and oxygen atoms in total. The van der Waals surface area contributed by atoms with Crippen molar-refractivity contribution >= 4 is 51.8 Å². The number of amides is 1. The molecule has 0 bridgehead atoms. The van der Waals surface area contributed by atoms with E-state index in [0.29, 0.717) is 39.5 Å². The third-order valence-corrected chi connectivity index (χ3v) is 4.78. The first-order chi connectivity index (χ1) is 14.0. The number of nitrogens with two attached hydrogens (primary N) is 1. The molecule has 5 N–H and O–H groups in total. The number of fused-ring (bicyclic) bond motifs is 1. The molecule has 0 unspecified atom stereocenters. The zero-order valence-electron chi connectivity index (χ0n) is 14.6. The number of nitrogens with one attached hydrogen (secondary N) is 2. The van der Waals surface area contributed by atoms with E-state index >= 15 is 0 Å². The lowest BCUT2D eigenvalue weighted by Gasteiger charge is -2.12. The second kappa shape index (κ2) is 7.63. The first-order valence-corrected chi connectivity index (χ1v) is 9.03. The lowest BCUT2D eigenvalue weighted by Crippen LogP contribution is -2.11. The van der Waals surface area contributed by atoms with Crippen LogP contribution in [0.3, 0.4) is 0 Å². The van der Waals surface area contributed by atoms with E-state index in [1.807, 2.05) is 0 Å². The van der Waals surface area contributed by atoms with Gasteiger partial charge in [-0.25, -0.2) is 19.9 Å². The van der Waals surface area contributed by atoms with Gasteiger partial charge in [0.2, 0.25) is 5.91 Å². The normalized spacial score (nSPS) is 11.0. The summed E-state index contributed by atoms with van der Waals surface area (Å²) >= 11 is 12.7. The molecule has 0 saturated heterocycles. The van der Waals surface area contributed by atoms with Gasteiger partial charge in [0.25, 0.3) is 0 Å². The summed E-state index contributed by atoms with van der Waals surface area (Å²) in [7, 11) is 0. The molecule has 0 aliphatic carbocycles. The standard InChI is InChI=1S/C18H13Cl2N7O2/c19-11-1-8(17(21)29)2-12(20)14(11)10-4-22-18(16-15(10)25-7-26-16)27-13-3-9(5-28)23-6-24-13/h1-4,6-7,28H,5H2,(H2,21,29)(H,25,26)(H,22,23,24,27). The summed E-state index contributed by atoms with van der Waals surface area (Å²) in [6.45, 7) is -0.207. The minimum atomic E-state index is -0.630. The van der Waals surface area contributed by atoms with Gasteiger partial charge < -0.3 is 21.1 Å². The molecule has 0 fully saturated rings. The molecular weight excluding hydrogens is 417 g/mol. The Morgan fingerprint density at radius 1 is 1.14 bits per heavy atom. The average molecular weight is 430 g/mol. The molecule has 4 rings (SSSR count). The summed E-state index contributed by atoms with van der Waals surface area (Å²) in [5.74, 6) is 0.293. The smallest absolute Gasteiger partial charge is 0.248 e. The first kappa shape index (κ1) is 19.1. The van der Waals surface area contributed by atoms with Crippen molar-refractivity contribution in [1.29, 1.82) is 0 Å². The fourth-order valence-corrected chi connectivity index (χ4v) is 3.55. The number of benzene rings is 1. The number of halogens is 2. The van der Waals surface area contributed by atoms with Gasteiger partial charge in [-0.15, -0.1) is 0 Å². The van der Waals surface area contributed by atoms with Crippen LogP contribution >= 0.6 is 23.2 Å². The van der Waals surface area contributed by atoms with E-state index in [0.717, 1.165) is 0 Å². The highest BCUT2D eigenvalue weighted by atomic mass is 35.5. The molecule has 11 heteroatoms. The van der Waals surface area contributed by atoms with Crippen LogP contribution in [-0.2, 0) is 6.61 Å². The van der Waals surface area contributed by atoms with Crippen molar-refractivity contribution in [1.82, 2.24) is 24.9 Å². The van der Waals surface area contributed by atoms with Gasteiger partial charge >= 0.3 is 0 Å². The second-order valence-corrected chi connectivity index (χ2v) is 6.82. The van der Waals surface area contributed by atoms with Crippen molar-refractivity contribution in [3.05, 3.63) is 58.4 Å². The molecule has 0 aliphatic rings. The van der Waals surface area contributed by atoms with Crippen LogP contribution in [-0.4, -0.2) is 35.9 Å². The molecule has 0 atom stereocenters. The molecule has 0 radical (unpaired) electrons. The second-order valence-electron chi connectivity index (χ2n) is 6.00. The zero-order chi connectivity index (χ0) is 20.5. The van der Waals surface area contributed by atoms with Crippen molar-refractivity contribution in [2.24, 2.45) is 5.73 Å². The Morgan fingerprint density at radius 2 is 1.90 bits per heavy atom. The summed E-state index contributed by atoms with van der Waals surface area (Å²) < 4.78 is 0. The number of aromatic amines is 1. The topological polar surface area (TPSA) is 143 Å². The molecule has 1 amide bonds. The van der Waals surface area contributed by atoms with Gasteiger partial charge in [-0.1, -0.05) is 23.2 Å². The fraction of sp³-hybridized carbons (Fsp3) is 0.0556. The minimum absolute atomic E-state index is 0.205. The molecule has 4 aromatic rings. The van der Waals surface area contributed by atoms with Crippen LogP contribution < -0.4 is 11.1 Å². The number of hydrogen-bond donors (Lipinski definition) is 4. The maximum absolute atomic E-state index is 11.4. The molecule has 0 spiro atoms. The molecular formula is C18H13Cl2N7O2. The lowest BCUT2D eigenvalue weighted by molar-refractivity contribution is 0.100. The van der Waals surface area contributed by atoms with E-state index in [2.05, 4.69) is 30.2 Å². The van der Waals surface area contributed by atoms with Gasteiger partial charge in [-0.05, 0) is 12.1 Å². The highest BCUT2D eigenvalue weighted by Gasteiger charge is 2.19. The number of rotatable bonds is 5. The Bertz CT molecular complexity index is 1220. The van der Waals surface area contributed by atoms with E-state index in [1.54, 1.807) is 12.3 Å². The third kappa shape index (κ3) is 3.58. The van der Waals surface area contributed by atoms with Gasteiger partial charge in [0.05, 0.1) is 28.7 Å². The van der Waals surface area contributed by atoms with Gasteiger partial charge in [0.15, 0.2) is 5.82 Å². The number of anilines is 2. The van der Waals surface area contributed by atoms with E-state index in [1.165, 1.54) is 24.8 Å². The summed E-state index contributed by atoms with van der Waals surface area (Å²) in [4.78, 5) is 31.3. The number of imidazole rings is 1. The van der Waals surface area contributed by atoms with Crippen LogP contribution in [0.25, 0.3) is 22.2 Å². The Labute approximate surface area is 173 Å². The maximum atomic E-state index is 11.4. The average Bonchev–Trinajstić information content (AvgIpc) is 3.19.